The van der Waals surface area contributed by atoms with E-state index in [1.165, 1.54) is 18.1 Å². The Morgan fingerprint density at radius 1 is 1.26 bits per heavy atom. The fourth-order valence-electron chi connectivity index (χ4n) is 2.62. The third-order valence-corrected chi connectivity index (χ3v) is 7.07. The molecule has 1 N–H and O–H groups in total. The smallest absolute Gasteiger partial charge is 0.293 e. The van der Waals surface area contributed by atoms with Gasteiger partial charge in [-0.15, -0.1) is 0 Å². The number of rotatable bonds is 4. The molecule has 8 heteroatoms. The molecule has 1 heterocycles. The topological polar surface area (TPSA) is 66.8 Å². The van der Waals surface area contributed by atoms with Crippen molar-refractivity contribution in [2.75, 3.05) is 7.11 Å². The van der Waals surface area contributed by atoms with E-state index < -0.39 is 5.91 Å². The molecule has 3 rings (SSSR count). The number of amides is 2. The van der Waals surface area contributed by atoms with Gasteiger partial charge in [-0.1, -0.05) is 24.3 Å². The normalized spacial score (nSPS) is 15.7. The number of benzene rings is 2. The van der Waals surface area contributed by atoms with Gasteiger partial charge in [0.05, 0.1) is 18.6 Å². The van der Waals surface area contributed by atoms with Gasteiger partial charge >= 0.3 is 0 Å². The van der Waals surface area contributed by atoms with Gasteiger partial charge in [-0.3, -0.25) is 14.5 Å². The number of nitrogens with zero attached hydrogens (tertiary/aromatic N) is 1. The summed E-state index contributed by atoms with van der Waals surface area (Å²) in [6, 6.07) is 9.23. The number of aryl methyl sites for hydroxylation is 1. The Balaban J connectivity index is 1.96. The van der Waals surface area contributed by atoms with E-state index in [-0.39, 0.29) is 28.2 Å². The fraction of sp³-hybridized carbons (Fsp3) is 0.158. The van der Waals surface area contributed by atoms with Crippen molar-refractivity contribution in [1.29, 1.82) is 0 Å². The number of thioether (sulfide) groups is 1. The Morgan fingerprint density at radius 3 is 2.63 bits per heavy atom. The average molecular weight is 513 g/mol. The molecule has 0 spiro atoms. The molecule has 1 aliphatic rings. The van der Waals surface area contributed by atoms with Crippen LogP contribution in [0.25, 0.3) is 6.08 Å². The number of hydrogen-bond acceptors (Lipinski definition) is 5. The van der Waals surface area contributed by atoms with E-state index in [0.717, 1.165) is 22.9 Å². The summed E-state index contributed by atoms with van der Waals surface area (Å²) >= 11 is 7.61. The first-order valence-corrected chi connectivity index (χ1v) is 10.3. The highest BCUT2D eigenvalue weighted by Gasteiger charge is 2.35. The summed E-state index contributed by atoms with van der Waals surface area (Å²) < 4.78 is 6.36. The Morgan fingerprint density at radius 2 is 1.96 bits per heavy atom. The predicted octanol–water partition coefficient (Wildman–Crippen LogP) is 5.47. The molecule has 0 radical (unpaired) electrons. The SMILES string of the molecule is COc1cc(Br)c(Br)c(/C=C2\SC(=O)N(Cc3ccccc3C)C2=O)c1O. The minimum Gasteiger partial charge on any atom is -0.504 e. The third kappa shape index (κ3) is 3.93. The van der Waals surface area contributed by atoms with Gasteiger partial charge in [-0.25, -0.2) is 0 Å². The van der Waals surface area contributed by atoms with Gasteiger partial charge in [0.2, 0.25) is 0 Å². The lowest BCUT2D eigenvalue weighted by Crippen LogP contribution is -2.27. The lowest BCUT2D eigenvalue weighted by molar-refractivity contribution is -0.123. The highest BCUT2D eigenvalue weighted by atomic mass is 79.9. The van der Waals surface area contributed by atoms with E-state index in [1.54, 1.807) is 6.07 Å². The van der Waals surface area contributed by atoms with Crippen LogP contribution in [0.15, 0.2) is 44.2 Å². The molecule has 0 unspecified atom stereocenters. The summed E-state index contributed by atoms with van der Waals surface area (Å²) in [5.74, 6) is -0.243. The van der Waals surface area contributed by atoms with E-state index in [1.807, 2.05) is 31.2 Å². The lowest BCUT2D eigenvalue weighted by Gasteiger charge is -2.14. The van der Waals surface area contributed by atoms with E-state index in [0.29, 0.717) is 14.5 Å². The number of imide groups is 1. The van der Waals surface area contributed by atoms with Crippen molar-refractivity contribution in [3.8, 4) is 11.5 Å². The van der Waals surface area contributed by atoms with Crippen molar-refractivity contribution in [2.24, 2.45) is 0 Å². The van der Waals surface area contributed by atoms with Crippen LogP contribution in [-0.2, 0) is 11.3 Å². The molecule has 0 saturated carbocycles. The molecule has 0 aromatic heterocycles. The summed E-state index contributed by atoms with van der Waals surface area (Å²) in [5.41, 5.74) is 2.29. The average Bonchev–Trinajstić information content (AvgIpc) is 2.91. The molecule has 5 nitrogen and oxygen atoms in total. The Bertz CT molecular complexity index is 974. The number of phenols is 1. The zero-order chi connectivity index (χ0) is 19.7. The summed E-state index contributed by atoms with van der Waals surface area (Å²) in [4.78, 5) is 26.6. The van der Waals surface area contributed by atoms with E-state index in [2.05, 4.69) is 31.9 Å². The molecule has 0 bridgehead atoms. The molecule has 1 fully saturated rings. The van der Waals surface area contributed by atoms with Crippen molar-refractivity contribution >= 4 is 60.8 Å². The van der Waals surface area contributed by atoms with Crippen LogP contribution in [0.3, 0.4) is 0 Å². The minimum atomic E-state index is -0.390. The summed E-state index contributed by atoms with van der Waals surface area (Å²) in [5, 5.41) is 10.1. The summed E-state index contributed by atoms with van der Waals surface area (Å²) in [7, 11) is 1.44. The highest BCUT2D eigenvalue weighted by Crippen LogP contribution is 2.43. The Hall–Kier alpha value is -1.77. The van der Waals surface area contributed by atoms with Gasteiger partial charge in [0.1, 0.15) is 0 Å². The van der Waals surface area contributed by atoms with Crippen molar-refractivity contribution in [1.82, 2.24) is 4.90 Å². The monoisotopic (exact) mass is 511 g/mol. The van der Waals surface area contributed by atoms with Crippen molar-refractivity contribution < 1.29 is 19.4 Å². The van der Waals surface area contributed by atoms with Gasteiger partial charge in [0, 0.05) is 14.5 Å². The molecular formula is C19H15Br2NO4S. The fourth-order valence-corrected chi connectivity index (χ4v) is 4.28. The van der Waals surface area contributed by atoms with Crippen LogP contribution in [0.1, 0.15) is 16.7 Å². The van der Waals surface area contributed by atoms with Crippen molar-refractivity contribution in [2.45, 2.75) is 13.5 Å². The van der Waals surface area contributed by atoms with E-state index in [9.17, 15) is 14.7 Å². The molecule has 1 saturated heterocycles. The zero-order valence-electron chi connectivity index (χ0n) is 14.5. The maximum atomic E-state index is 12.8. The first-order valence-electron chi connectivity index (χ1n) is 7.88. The van der Waals surface area contributed by atoms with Gasteiger partial charge < -0.3 is 9.84 Å². The number of carbonyl (C=O) groups is 2. The van der Waals surface area contributed by atoms with E-state index >= 15 is 0 Å². The number of ether oxygens (including phenoxy) is 1. The molecule has 2 amide bonds. The number of aromatic hydroxyl groups is 1. The predicted molar refractivity (Wildman–Crippen MR) is 113 cm³/mol. The zero-order valence-corrected chi connectivity index (χ0v) is 18.4. The van der Waals surface area contributed by atoms with Crippen LogP contribution < -0.4 is 4.74 Å². The first-order chi connectivity index (χ1) is 12.8. The van der Waals surface area contributed by atoms with Gasteiger partial charge in [0.25, 0.3) is 11.1 Å². The third-order valence-electron chi connectivity index (χ3n) is 4.15. The highest BCUT2D eigenvalue weighted by molar-refractivity contribution is 9.13. The van der Waals surface area contributed by atoms with Gasteiger partial charge in [0.15, 0.2) is 11.5 Å². The lowest BCUT2D eigenvalue weighted by atomic mass is 10.1. The maximum Gasteiger partial charge on any atom is 0.293 e. The van der Waals surface area contributed by atoms with Crippen molar-refractivity contribution in [3.05, 3.63) is 60.9 Å². The van der Waals surface area contributed by atoms with Crippen molar-refractivity contribution in [3.63, 3.8) is 0 Å². The van der Waals surface area contributed by atoms with E-state index in [4.69, 9.17) is 4.74 Å². The standard InChI is InChI=1S/C19H15Br2NO4S/c1-10-5-3-4-6-11(10)9-22-18(24)15(27-19(22)25)7-12-16(21)13(20)8-14(26-2)17(12)23/h3-8,23H,9H2,1-2H3/b15-7-. The molecule has 1 aliphatic heterocycles. The second-order valence-electron chi connectivity index (χ2n) is 5.83. The number of methoxy groups -OCH3 is 1. The molecular weight excluding hydrogens is 498 g/mol. The number of phenolic OH excluding ortho intramolecular Hbond substituents is 1. The quantitative estimate of drug-likeness (QED) is 0.550. The van der Waals surface area contributed by atoms with Crippen LogP contribution in [0.4, 0.5) is 4.79 Å². The summed E-state index contributed by atoms with van der Waals surface area (Å²) in [6.45, 7) is 2.15. The molecule has 2 aromatic carbocycles. The van der Waals surface area contributed by atoms with Crippen LogP contribution >= 0.6 is 43.6 Å². The molecule has 0 atom stereocenters. The molecule has 2 aromatic rings. The molecule has 0 aliphatic carbocycles. The second-order valence-corrected chi connectivity index (χ2v) is 8.47. The first kappa shape index (κ1) is 20.0. The van der Waals surface area contributed by atoms with Gasteiger partial charge in [-0.05, 0) is 73.8 Å². The molecule has 140 valence electrons. The van der Waals surface area contributed by atoms with Crippen LogP contribution in [0, 0.1) is 6.92 Å². The second kappa shape index (κ2) is 8.08. The van der Waals surface area contributed by atoms with Crippen LogP contribution in [0.5, 0.6) is 11.5 Å². The number of halogens is 2. The van der Waals surface area contributed by atoms with Crippen LogP contribution in [-0.4, -0.2) is 28.3 Å². The Kier molecular flexibility index (Phi) is 5.98. The van der Waals surface area contributed by atoms with Gasteiger partial charge in [-0.2, -0.15) is 0 Å². The largest absolute Gasteiger partial charge is 0.504 e. The summed E-state index contributed by atoms with van der Waals surface area (Å²) in [6.07, 6.45) is 1.50. The molecule has 27 heavy (non-hydrogen) atoms. The number of hydrogen-bond donors (Lipinski definition) is 1. The number of carbonyl (C=O) groups excluding carboxylic acids is 2. The van der Waals surface area contributed by atoms with Crippen LogP contribution in [0.2, 0.25) is 0 Å². The Labute approximate surface area is 177 Å². The minimum absolute atomic E-state index is 0.113. The maximum absolute atomic E-state index is 12.8.